The van der Waals surface area contributed by atoms with Gasteiger partial charge in [0.1, 0.15) is 0 Å². The van der Waals surface area contributed by atoms with E-state index < -0.39 is 11.0 Å². The van der Waals surface area contributed by atoms with E-state index in [1.165, 1.54) is 0 Å². The van der Waals surface area contributed by atoms with Gasteiger partial charge in [-0.25, -0.2) is 0 Å². The number of methoxy groups -OCH3 is 1. The zero-order valence-electron chi connectivity index (χ0n) is 13.0. The zero-order chi connectivity index (χ0) is 14.6. The van der Waals surface area contributed by atoms with Gasteiger partial charge in [0.25, 0.3) is 0 Å². The smallest absolute Gasteiger partial charge is 0.227 e. The van der Waals surface area contributed by atoms with Crippen LogP contribution in [0.5, 0.6) is 0 Å². The highest BCUT2D eigenvalue weighted by molar-refractivity contribution is 5.83. The number of carbonyl (C=O) groups excluding carboxylic acids is 1. The van der Waals surface area contributed by atoms with Crippen LogP contribution in [0.1, 0.15) is 48.0 Å². The first kappa shape index (κ1) is 17.4. The highest BCUT2D eigenvalue weighted by Crippen LogP contribution is 2.29. The molecule has 0 radical (unpaired) electrons. The van der Waals surface area contributed by atoms with Gasteiger partial charge in [-0.05, 0) is 39.5 Å². The summed E-state index contributed by atoms with van der Waals surface area (Å²) >= 11 is 0. The van der Waals surface area contributed by atoms with Crippen molar-refractivity contribution >= 4 is 5.91 Å². The second-order valence-corrected chi connectivity index (χ2v) is 6.94. The van der Waals surface area contributed by atoms with Crippen LogP contribution in [-0.4, -0.2) is 31.7 Å². The predicted octanol–water partition coefficient (Wildman–Crippen LogP) is 1.93. The van der Waals surface area contributed by atoms with Gasteiger partial charge in [0.2, 0.25) is 5.91 Å². The number of carbonyl (C=O) groups is 1. The molecular weight excluding hydrogens is 228 g/mol. The molecule has 4 heteroatoms. The van der Waals surface area contributed by atoms with Crippen LogP contribution in [0.4, 0.5) is 0 Å². The van der Waals surface area contributed by atoms with E-state index in [2.05, 4.69) is 19.2 Å². The SMILES string of the molecule is COCCC(C)(C)CNC(=O)C(C)(C)C(C)(C)N. The van der Waals surface area contributed by atoms with Crippen molar-refractivity contribution in [3.63, 3.8) is 0 Å². The van der Waals surface area contributed by atoms with Crippen LogP contribution >= 0.6 is 0 Å². The minimum absolute atomic E-state index is 0.000455. The molecule has 0 aliphatic rings. The van der Waals surface area contributed by atoms with E-state index in [-0.39, 0.29) is 11.3 Å². The Kier molecular flexibility index (Phi) is 5.82. The first-order valence-corrected chi connectivity index (χ1v) is 6.50. The molecule has 1 amide bonds. The summed E-state index contributed by atoms with van der Waals surface area (Å²) in [4.78, 5) is 12.2. The van der Waals surface area contributed by atoms with Gasteiger partial charge in [0, 0.05) is 25.8 Å². The van der Waals surface area contributed by atoms with Crippen molar-refractivity contribution in [2.45, 2.75) is 53.5 Å². The van der Waals surface area contributed by atoms with Gasteiger partial charge in [-0.1, -0.05) is 13.8 Å². The molecule has 4 nitrogen and oxygen atoms in total. The van der Waals surface area contributed by atoms with Crippen molar-refractivity contribution in [2.75, 3.05) is 20.3 Å². The Morgan fingerprint density at radius 1 is 1.17 bits per heavy atom. The Balaban J connectivity index is 4.43. The van der Waals surface area contributed by atoms with Crippen LogP contribution in [-0.2, 0) is 9.53 Å². The van der Waals surface area contributed by atoms with Crippen molar-refractivity contribution < 1.29 is 9.53 Å². The number of nitrogens with two attached hydrogens (primary N) is 1. The molecule has 0 saturated carbocycles. The first-order chi connectivity index (χ1) is 7.94. The summed E-state index contributed by atoms with van der Waals surface area (Å²) in [6, 6.07) is 0. The minimum atomic E-state index is -0.593. The van der Waals surface area contributed by atoms with Gasteiger partial charge in [0.15, 0.2) is 0 Å². The molecule has 0 saturated heterocycles. The van der Waals surface area contributed by atoms with Crippen molar-refractivity contribution in [2.24, 2.45) is 16.6 Å². The topological polar surface area (TPSA) is 64.3 Å². The van der Waals surface area contributed by atoms with Crippen LogP contribution in [0.25, 0.3) is 0 Å². The molecule has 0 rings (SSSR count). The third-order valence-electron chi connectivity index (χ3n) is 3.89. The van der Waals surface area contributed by atoms with E-state index in [0.29, 0.717) is 13.2 Å². The second kappa shape index (κ2) is 6.02. The minimum Gasteiger partial charge on any atom is -0.385 e. The van der Waals surface area contributed by atoms with Gasteiger partial charge >= 0.3 is 0 Å². The Morgan fingerprint density at radius 3 is 2.06 bits per heavy atom. The molecule has 0 heterocycles. The summed E-state index contributed by atoms with van der Waals surface area (Å²) in [7, 11) is 1.69. The fourth-order valence-corrected chi connectivity index (χ4v) is 1.30. The summed E-state index contributed by atoms with van der Waals surface area (Å²) in [6.45, 7) is 13.1. The summed E-state index contributed by atoms with van der Waals surface area (Å²) in [5.74, 6) is 0.000455. The van der Waals surface area contributed by atoms with Gasteiger partial charge < -0.3 is 15.8 Å². The molecule has 0 bridgehead atoms. The lowest BCUT2D eigenvalue weighted by atomic mass is 9.74. The summed E-state index contributed by atoms with van der Waals surface area (Å²) in [5, 5.41) is 3.00. The summed E-state index contributed by atoms with van der Waals surface area (Å²) in [5.41, 5.74) is 4.94. The van der Waals surface area contributed by atoms with Crippen LogP contribution in [0, 0.1) is 10.8 Å². The predicted molar refractivity (Wildman–Crippen MR) is 75.3 cm³/mol. The Bertz CT molecular complexity index is 278. The Labute approximate surface area is 112 Å². The van der Waals surface area contributed by atoms with Gasteiger partial charge in [-0.2, -0.15) is 0 Å². The molecule has 0 spiro atoms. The molecule has 18 heavy (non-hydrogen) atoms. The molecule has 0 atom stereocenters. The maximum Gasteiger partial charge on any atom is 0.227 e. The van der Waals surface area contributed by atoms with Crippen molar-refractivity contribution in [1.29, 1.82) is 0 Å². The van der Waals surface area contributed by atoms with Gasteiger partial charge in [0.05, 0.1) is 5.41 Å². The third-order valence-corrected chi connectivity index (χ3v) is 3.89. The molecule has 0 unspecified atom stereocenters. The van der Waals surface area contributed by atoms with Gasteiger partial charge in [-0.3, -0.25) is 4.79 Å². The molecule has 3 N–H and O–H groups in total. The lowest BCUT2D eigenvalue weighted by molar-refractivity contribution is -0.132. The maximum absolute atomic E-state index is 12.2. The van der Waals surface area contributed by atoms with E-state index in [0.717, 1.165) is 6.42 Å². The van der Waals surface area contributed by atoms with Crippen LogP contribution < -0.4 is 11.1 Å². The van der Waals surface area contributed by atoms with Crippen molar-refractivity contribution in [3.8, 4) is 0 Å². The fourth-order valence-electron chi connectivity index (χ4n) is 1.30. The number of hydrogen-bond acceptors (Lipinski definition) is 3. The van der Waals surface area contributed by atoms with Gasteiger partial charge in [-0.15, -0.1) is 0 Å². The zero-order valence-corrected chi connectivity index (χ0v) is 13.0. The van der Waals surface area contributed by atoms with Crippen molar-refractivity contribution in [1.82, 2.24) is 5.32 Å². The third kappa shape index (κ3) is 4.94. The van der Waals surface area contributed by atoms with E-state index >= 15 is 0 Å². The Morgan fingerprint density at radius 2 is 1.67 bits per heavy atom. The molecular formula is C14H30N2O2. The normalized spacial score (nSPS) is 13.6. The summed E-state index contributed by atoms with van der Waals surface area (Å²) < 4.78 is 5.07. The lowest BCUT2D eigenvalue weighted by Crippen LogP contribution is -2.56. The average Bonchev–Trinajstić information content (AvgIpc) is 2.21. The molecule has 0 aliphatic carbocycles. The van der Waals surface area contributed by atoms with Crippen LogP contribution in [0.15, 0.2) is 0 Å². The number of nitrogens with one attached hydrogen (secondary N) is 1. The van der Waals surface area contributed by atoms with E-state index in [1.54, 1.807) is 7.11 Å². The quantitative estimate of drug-likeness (QED) is 0.733. The lowest BCUT2D eigenvalue weighted by Gasteiger charge is -2.38. The molecule has 0 aromatic rings. The molecule has 0 aromatic heterocycles. The van der Waals surface area contributed by atoms with E-state index in [4.69, 9.17) is 10.5 Å². The monoisotopic (exact) mass is 258 g/mol. The molecule has 108 valence electrons. The number of amides is 1. The van der Waals surface area contributed by atoms with Crippen LogP contribution in [0.3, 0.4) is 0 Å². The Hall–Kier alpha value is -0.610. The molecule has 0 fully saturated rings. The number of hydrogen-bond donors (Lipinski definition) is 2. The fraction of sp³-hybridized carbons (Fsp3) is 0.929. The average molecular weight is 258 g/mol. The van der Waals surface area contributed by atoms with Crippen molar-refractivity contribution in [3.05, 3.63) is 0 Å². The van der Waals surface area contributed by atoms with Crippen LogP contribution in [0.2, 0.25) is 0 Å². The largest absolute Gasteiger partial charge is 0.385 e. The molecule has 0 aliphatic heterocycles. The second-order valence-electron chi connectivity index (χ2n) is 6.94. The summed E-state index contributed by atoms with van der Waals surface area (Å²) in [6.07, 6.45) is 0.913. The molecule has 0 aromatic carbocycles. The number of rotatable bonds is 7. The number of ether oxygens (including phenoxy) is 1. The highest BCUT2D eigenvalue weighted by Gasteiger charge is 2.40. The van der Waals surface area contributed by atoms with E-state index in [1.807, 2.05) is 27.7 Å². The standard InChI is InChI=1S/C14H30N2O2/c1-12(2,8-9-18-7)10-16-11(17)13(3,4)14(5,6)15/h8-10,15H2,1-7H3,(H,16,17). The van der Waals surface area contributed by atoms with E-state index in [9.17, 15) is 4.79 Å². The maximum atomic E-state index is 12.2. The highest BCUT2D eigenvalue weighted by atomic mass is 16.5. The first-order valence-electron chi connectivity index (χ1n) is 6.50.